The zero-order valence-electron chi connectivity index (χ0n) is 19.6. The van der Waals surface area contributed by atoms with Crippen LogP contribution in [0.1, 0.15) is 50.1 Å². The number of anilines is 3. The molecule has 4 N–H and O–H groups in total. The number of imidazole rings is 1. The zero-order valence-corrected chi connectivity index (χ0v) is 21.1. The zero-order chi connectivity index (χ0) is 24.5. The highest BCUT2D eigenvalue weighted by Crippen LogP contribution is 2.39. The number of nitrogens with one attached hydrogen (secondary N) is 2. The summed E-state index contributed by atoms with van der Waals surface area (Å²) in [6, 6.07) is 4.07. The van der Waals surface area contributed by atoms with E-state index in [1.165, 1.54) is 0 Å². The molecular formula is C24H29Cl2N7O2. The Morgan fingerprint density at radius 1 is 1.09 bits per heavy atom. The van der Waals surface area contributed by atoms with Crippen LogP contribution < -0.4 is 16.4 Å². The van der Waals surface area contributed by atoms with E-state index in [0.29, 0.717) is 33.1 Å². The Hall–Kier alpha value is -2.62. The fraction of sp³-hybridized carbons (Fsp3) is 0.500. The first kappa shape index (κ1) is 24.1. The number of amides is 1. The average molecular weight is 518 g/mol. The number of primary amides is 1. The second-order valence-electron chi connectivity index (χ2n) is 9.38. The lowest BCUT2D eigenvalue weighted by Gasteiger charge is -2.29. The number of carbonyl (C=O) groups is 1. The topological polar surface area (TPSA) is 120 Å². The number of aryl methyl sites for hydroxylation is 1. The van der Waals surface area contributed by atoms with Crippen molar-refractivity contribution in [1.82, 2.24) is 19.5 Å². The Morgan fingerprint density at radius 3 is 2.43 bits per heavy atom. The number of nitrogens with zero attached hydrogens (tertiary/aromatic N) is 4. The lowest BCUT2D eigenvalue weighted by Crippen LogP contribution is -2.29. The molecule has 3 heterocycles. The van der Waals surface area contributed by atoms with Crippen molar-refractivity contribution in [2.45, 2.75) is 57.5 Å². The summed E-state index contributed by atoms with van der Waals surface area (Å²) in [6.07, 6.45) is 6.58. The maximum absolute atomic E-state index is 11.7. The summed E-state index contributed by atoms with van der Waals surface area (Å²) in [7, 11) is 0. The molecule has 1 amide bonds. The van der Waals surface area contributed by atoms with Gasteiger partial charge < -0.3 is 21.1 Å². The van der Waals surface area contributed by atoms with Gasteiger partial charge in [-0.2, -0.15) is 4.98 Å². The number of fused-ring (bicyclic) bond motifs is 1. The second-order valence-corrected chi connectivity index (χ2v) is 10.2. The predicted octanol–water partition coefficient (Wildman–Crippen LogP) is 4.99. The molecule has 1 aliphatic carbocycles. The number of carbonyl (C=O) groups excluding carboxylic acids is 1. The van der Waals surface area contributed by atoms with Gasteiger partial charge in [0.1, 0.15) is 5.52 Å². The summed E-state index contributed by atoms with van der Waals surface area (Å²) in [6.45, 7) is 3.40. The van der Waals surface area contributed by atoms with Crippen LogP contribution in [0.3, 0.4) is 0 Å². The van der Waals surface area contributed by atoms with Gasteiger partial charge in [0.15, 0.2) is 5.65 Å². The van der Waals surface area contributed by atoms with Crippen molar-refractivity contribution < 1.29 is 9.53 Å². The van der Waals surface area contributed by atoms with Gasteiger partial charge in [0.25, 0.3) is 0 Å². The van der Waals surface area contributed by atoms with Crippen molar-refractivity contribution in [3.05, 3.63) is 33.9 Å². The molecule has 9 nitrogen and oxygen atoms in total. The number of hydrogen-bond donors (Lipinski definition) is 3. The molecule has 0 bridgehead atoms. The quantitative estimate of drug-likeness (QED) is 0.420. The van der Waals surface area contributed by atoms with E-state index in [4.69, 9.17) is 43.6 Å². The van der Waals surface area contributed by atoms with Crippen LogP contribution in [0, 0.1) is 12.8 Å². The Kier molecular flexibility index (Phi) is 7.00. The minimum absolute atomic E-state index is 0.0897. The molecule has 1 aliphatic heterocycles. The minimum Gasteiger partial charge on any atom is -0.381 e. The van der Waals surface area contributed by atoms with Crippen molar-refractivity contribution in [3.8, 4) is 0 Å². The van der Waals surface area contributed by atoms with E-state index in [9.17, 15) is 4.79 Å². The van der Waals surface area contributed by atoms with Crippen LogP contribution in [0.5, 0.6) is 0 Å². The SMILES string of the molecule is Cc1cc(Cl)c(Nc2nc3cnc(NC4CCOCC4)nc3n2[C@H]2CC[C@@H](C(N)=O)CC2)c(Cl)c1. The van der Waals surface area contributed by atoms with Gasteiger partial charge in [0.05, 0.1) is 21.9 Å². The largest absolute Gasteiger partial charge is 0.381 e. The first-order chi connectivity index (χ1) is 16.9. The molecule has 3 aromatic rings. The lowest BCUT2D eigenvalue weighted by atomic mass is 9.85. The number of ether oxygens (including phenoxy) is 1. The Balaban J connectivity index is 1.52. The first-order valence-corrected chi connectivity index (χ1v) is 12.8. The fourth-order valence-electron chi connectivity index (χ4n) is 4.97. The molecule has 11 heteroatoms. The summed E-state index contributed by atoms with van der Waals surface area (Å²) in [5.41, 5.74) is 8.52. The van der Waals surface area contributed by atoms with Crippen molar-refractivity contribution in [3.63, 3.8) is 0 Å². The highest BCUT2D eigenvalue weighted by atomic mass is 35.5. The first-order valence-electron chi connectivity index (χ1n) is 12.0. The van der Waals surface area contributed by atoms with Crippen molar-refractivity contribution in [2.75, 3.05) is 23.8 Å². The molecule has 0 unspecified atom stereocenters. The highest BCUT2D eigenvalue weighted by molar-refractivity contribution is 6.39. The van der Waals surface area contributed by atoms with Gasteiger partial charge in [-0.15, -0.1) is 0 Å². The minimum atomic E-state index is -0.235. The van der Waals surface area contributed by atoms with Gasteiger partial charge in [0.2, 0.25) is 17.8 Å². The summed E-state index contributed by atoms with van der Waals surface area (Å²) in [5.74, 6) is 0.821. The molecule has 5 rings (SSSR count). The molecule has 1 saturated heterocycles. The van der Waals surface area contributed by atoms with Gasteiger partial charge in [0, 0.05) is 31.2 Å². The van der Waals surface area contributed by atoms with Crippen molar-refractivity contribution >= 4 is 57.9 Å². The number of benzene rings is 1. The third kappa shape index (κ3) is 5.17. The van der Waals surface area contributed by atoms with Gasteiger partial charge in [-0.25, -0.2) is 9.97 Å². The number of rotatable bonds is 6. The molecule has 2 aliphatic rings. The molecule has 35 heavy (non-hydrogen) atoms. The predicted molar refractivity (Wildman–Crippen MR) is 137 cm³/mol. The van der Waals surface area contributed by atoms with E-state index < -0.39 is 0 Å². The van der Waals surface area contributed by atoms with E-state index in [-0.39, 0.29) is 23.9 Å². The molecular weight excluding hydrogens is 489 g/mol. The van der Waals surface area contributed by atoms with Crippen LogP contribution >= 0.6 is 23.2 Å². The maximum Gasteiger partial charge on any atom is 0.224 e. The van der Waals surface area contributed by atoms with E-state index in [1.54, 1.807) is 6.20 Å². The molecule has 1 saturated carbocycles. The normalized spacial score (nSPS) is 21.2. The monoisotopic (exact) mass is 517 g/mol. The number of nitrogens with two attached hydrogens (primary N) is 1. The van der Waals surface area contributed by atoms with Gasteiger partial charge in [-0.3, -0.25) is 9.36 Å². The molecule has 2 aromatic heterocycles. The molecule has 0 atom stereocenters. The van der Waals surface area contributed by atoms with Crippen LogP contribution in [0.15, 0.2) is 18.3 Å². The lowest BCUT2D eigenvalue weighted by molar-refractivity contribution is -0.122. The maximum atomic E-state index is 11.7. The number of hydrogen-bond acceptors (Lipinski definition) is 7. The van der Waals surface area contributed by atoms with E-state index in [2.05, 4.69) is 20.2 Å². The second kappa shape index (κ2) is 10.2. The van der Waals surface area contributed by atoms with E-state index in [1.807, 2.05) is 19.1 Å². The average Bonchev–Trinajstić information content (AvgIpc) is 3.19. The number of aromatic nitrogens is 4. The molecule has 0 spiro atoms. The Labute approximate surface area is 213 Å². The van der Waals surface area contributed by atoms with Crippen molar-refractivity contribution in [2.24, 2.45) is 11.7 Å². The summed E-state index contributed by atoms with van der Waals surface area (Å²) in [4.78, 5) is 25.9. The van der Waals surface area contributed by atoms with E-state index >= 15 is 0 Å². The Morgan fingerprint density at radius 2 is 1.77 bits per heavy atom. The summed E-state index contributed by atoms with van der Waals surface area (Å²) in [5, 5.41) is 7.82. The van der Waals surface area contributed by atoms with Crippen LogP contribution in [-0.2, 0) is 9.53 Å². The van der Waals surface area contributed by atoms with Crippen LogP contribution in [0.25, 0.3) is 11.2 Å². The Bertz CT molecular complexity index is 1210. The highest BCUT2D eigenvalue weighted by Gasteiger charge is 2.29. The van der Waals surface area contributed by atoms with Crippen LogP contribution in [0.2, 0.25) is 10.0 Å². The van der Waals surface area contributed by atoms with Crippen LogP contribution in [0.4, 0.5) is 17.6 Å². The van der Waals surface area contributed by atoms with Crippen LogP contribution in [-0.4, -0.2) is 44.7 Å². The fourth-order valence-corrected chi connectivity index (χ4v) is 5.66. The third-order valence-electron chi connectivity index (χ3n) is 6.87. The molecule has 186 valence electrons. The summed E-state index contributed by atoms with van der Waals surface area (Å²) < 4.78 is 7.55. The van der Waals surface area contributed by atoms with Crippen molar-refractivity contribution in [1.29, 1.82) is 0 Å². The van der Waals surface area contributed by atoms with Gasteiger partial charge >= 0.3 is 0 Å². The van der Waals surface area contributed by atoms with Gasteiger partial charge in [-0.1, -0.05) is 23.2 Å². The molecule has 0 radical (unpaired) electrons. The third-order valence-corrected chi connectivity index (χ3v) is 7.47. The van der Waals surface area contributed by atoms with Gasteiger partial charge in [-0.05, 0) is 63.1 Å². The summed E-state index contributed by atoms with van der Waals surface area (Å²) >= 11 is 13.1. The van der Waals surface area contributed by atoms with E-state index in [0.717, 1.165) is 62.9 Å². The molecule has 1 aromatic carbocycles. The number of halogens is 2. The smallest absolute Gasteiger partial charge is 0.224 e. The molecule has 2 fully saturated rings. The standard InChI is InChI=1S/C24H29Cl2N7O2/c1-13-10-17(25)20(18(26)11-13)31-24-30-19-12-28-23(29-15-6-8-35-9-7-15)32-22(19)33(24)16-4-2-14(3-5-16)21(27)34/h10-12,14-16H,2-9H2,1H3,(H2,27,34)(H,30,31)(H,28,29,32)/t14-,16+.